The second-order valence-corrected chi connectivity index (χ2v) is 8.11. The van der Waals surface area contributed by atoms with Crippen LogP contribution in [-0.2, 0) is 16.6 Å². The van der Waals surface area contributed by atoms with Gasteiger partial charge in [-0.15, -0.1) is 6.58 Å². The van der Waals surface area contributed by atoms with Gasteiger partial charge in [0.1, 0.15) is 0 Å². The number of carbonyl (C=O) groups is 1. The van der Waals surface area contributed by atoms with Crippen molar-refractivity contribution in [3.63, 3.8) is 0 Å². The minimum absolute atomic E-state index is 0.0249. The first-order valence-electron chi connectivity index (χ1n) is 8.94. The Balaban J connectivity index is 2.32. The molecule has 2 rings (SSSR count). The number of nitrogens with zero attached hydrogens (tertiary/aromatic N) is 1. The second-order valence-electron chi connectivity index (χ2n) is 6.34. The molecule has 2 aromatic carbocycles. The average molecular weight is 387 g/mol. The van der Waals surface area contributed by atoms with Gasteiger partial charge in [-0.25, -0.2) is 13.1 Å². The maximum Gasteiger partial charge on any atom is 0.254 e. The van der Waals surface area contributed by atoms with E-state index in [2.05, 4.69) is 11.3 Å². The third-order valence-electron chi connectivity index (χ3n) is 4.39. The Kier molecular flexibility index (Phi) is 7.33. The van der Waals surface area contributed by atoms with Gasteiger partial charge < -0.3 is 4.90 Å². The van der Waals surface area contributed by atoms with Crippen LogP contribution in [0.1, 0.15) is 36.2 Å². The van der Waals surface area contributed by atoms with Crippen LogP contribution in [0.2, 0.25) is 0 Å². The van der Waals surface area contributed by atoms with E-state index in [0.29, 0.717) is 12.1 Å². The molecule has 0 aliphatic heterocycles. The van der Waals surface area contributed by atoms with Crippen molar-refractivity contribution in [2.75, 3.05) is 6.54 Å². The highest BCUT2D eigenvalue weighted by Gasteiger charge is 2.22. The van der Waals surface area contributed by atoms with Gasteiger partial charge in [0.25, 0.3) is 5.91 Å². The summed E-state index contributed by atoms with van der Waals surface area (Å²) in [6.45, 7) is 8.13. The van der Waals surface area contributed by atoms with Crippen LogP contribution in [0, 0.1) is 0 Å². The summed E-state index contributed by atoms with van der Waals surface area (Å²) in [5, 5.41) is 0. The van der Waals surface area contributed by atoms with Crippen LogP contribution < -0.4 is 4.72 Å². The number of hydrogen-bond donors (Lipinski definition) is 1. The first-order valence-corrected chi connectivity index (χ1v) is 10.4. The van der Waals surface area contributed by atoms with E-state index in [1.165, 1.54) is 18.2 Å². The van der Waals surface area contributed by atoms with Gasteiger partial charge in [-0.3, -0.25) is 4.79 Å². The fourth-order valence-electron chi connectivity index (χ4n) is 2.64. The number of rotatable bonds is 9. The topological polar surface area (TPSA) is 66.5 Å². The van der Waals surface area contributed by atoms with Crippen LogP contribution in [0.4, 0.5) is 0 Å². The standard InChI is InChI=1S/C21H26N2O3S/c1-4-14-22-27(25,26)20-13-9-12-19(15-20)21(24)23(17(3)5-2)16-18-10-7-6-8-11-18/h4,6-13,15,17,22H,1,5,14,16H2,2-3H3. The lowest BCUT2D eigenvalue weighted by molar-refractivity contribution is 0.0671. The number of amides is 1. The quantitative estimate of drug-likeness (QED) is 0.670. The van der Waals surface area contributed by atoms with Crippen LogP contribution >= 0.6 is 0 Å². The van der Waals surface area contributed by atoms with E-state index >= 15 is 0 Å². The third-order valence-corrected chi connectivity index (χ3v) is 5.81. The molecule has 144 valence electrons. The predicted molar refractivity (Wildman–Crippen MR) is 108 cm³/mol. The van der Waals surface area contributed by atoms with Crippen LogP contribution in [0.5, 0.6) is 0 Å². The summed E-state index contributed by atoms with van der Waals surface area (Å²) in [6, 6.07) is 15.9. The molecule has 0 spiro atoms. The Morgan fingerprint density at radius 1 is 1.19 bits per heavy atom. The minimum Gasteiger partial charge on any atom is -0.332 e. The molecule has 0 fully saturated rings. The predicted octanol–water partition coefficient (Wildman–Crippen LogP) is 3.59. The third kappa shape index (κ3) is 5.52. The molecule has 2 aromatic rings. The van der Waals surface area contributed by atoms with E-state index in [4.69, 9.17) is 0 Å². The molecular formula is C21H26N2O3S. The molecular weight excluding hydrogens is 360 g/mol. The molecule has 1 atom stereocenters. The SMILES string of the molecule is C=CCNS(=O)(=O)c1cccc(C(=O)N(Cc2ccccc2)C(C)CC)c1. The van der Waals surface area contributed by atoms with Crippen LogP contribution in [0.25, 0.3) is 0 Å². The maximum absolute atomic E-state index is 13.1. The lowest BCUT2D eigenvalue weighted by Crippen LogP contribution is -2.38. The zero-order valence-electron chi connectivity index (χ0n) is 15.8. The number of hydrogen-bond acceptors (Lipinski definition) is 3. The lowest BCUT2D eigenvalue weighted by atomic mass is 10.1. The fraction of sp³-hybridized carbons (Fsp3) is 0.286. The highest BCUT2D eigenvalue weighted by atomic mass is 32.2. The van der Waals surface area contributed by atoms with Gasteiger partial charge in [0.2, 0.25) is 10.0 Å². The molecule has 1 amide bonds. The number of carbonyl (C=O) groups excluding carboxylic acids is 1. The van der Waals surface area contributed by atoms with E-state index in [-0.39, 0.29) is 23.4 Å². The van der Waals surface area contributed by atoms with Crippen molar-refractivity contribution >= 4 is 15.9 Å². The van der Waals surface area contributed by atoms with E-state index in [1.54, 1.807) is 17.0 Å². The molecule has 1 unspecified atom stereocenters. The maximum atomic E-state index is 13.1. The highest BCUT2D eigenvalue weighted by Crippen LogP contribution is 2.18. The molecule has 0 aliphatic rings. The Labute approximate surface area is 161 Å². The van der Waals surface area contributed by atoms with Gasteiger partial charge in [0.15, 0.2) is 0 Å². The highest BCUT2D eigenvalue weighted by molar-refractivity contribution is 7.89. The van der Waals surface area contributed by atoms with E-state index in [0.717, 1.165) is 12.0 Å². The summed E-state index contributed by atoms with van der Waals surface area (Å²) in [6.07, 6.45) is 2.27. The monoisotopic (exact) mass is 386 g/mol. The van der Waals surface area contributed by atoms with E-state index < -0.39 is 10.0 Å². The van der Waals surface area contributed by atoms with Gasteiger partial charge in [-0.1, -0.05) is 49.4 Å². The van der Waals surface area contributed by atoms with Crippen molar-refractivity contribution in [1.82, 2.24) is 9.62 Å². The van der Waals surface area contributed by atoms with Gasteiger partial charge in [0, 0.05) is 24.7 Å². The molecule has 0 saturated heterocycles. The van der Waals surface area contributed by atoms with Gasteiger partial charge in [-0.05, 0) is 37.1 Å². The van der Waals surface area contributed by atoms with Crippen LogP contribution in [-0.4, -0.2) is 31.8 Å². The van der Waals surface area contributed by atoms with Crippen molar-refractivity contribution in [3.05, 3.63) is 78.4 Å². The van der Waals surface area contributed by atoms with Crippen molar-refractivity contribution in [3.8, 4) is 0 Å². The Morgan fingerprint density at radius 2 is 1.89 bits per heavy atom. The Morgan fingerprint density at radius 3 is 2.52 bits per heavy atom. The van der Waals surface area contributed by atoms with Gasteiger partial charge in [0.05, 0.1) is 4.90 Å². The molecule has 0 heterocycles. The number of benzene rings is 2. The smallest absolute Gasteiger partial charge is 0.254 e. The largest absolute Gasteiger partial charge is 0.332 e. The zero-order chi connectivity index (χ0) is 19.9. The van der Waals surface area contributed by atoms with Crippen molar-refractivity contribution in [2.24, 2.45) is 0 Å². The normalized spacial score (nSPS) is 12.4. The molecule has 0 aromatic heterocycles. The van der Waals surface area contributed by atoms with Crippen molar-refractivity contribution in [1.29, 1.82) is 0 Å². The molecule has 1 N–H and O–H groups in total. The number of nitrogens with one attached hydrogen (secondary N) is 1. The molecule has 27 heavy (non-hydrogen) atoms. The molecule has 0 radical (unpaired) electrons. The van der Waals surface area contributed by atoms with Crippen LogP contribution in [0.3, 0.4) is 0 Å². The first-order chi connectivity index (χ1) is 12.9. The Bertz CT molecular complexity index is 879. The van der Waals surface area contributed by atoms with E-state index in [1.807, 2.05) is 44.2 Å². The summed E-state index contributed by atoms with van der Waals surface area (Å²) < 4.78 is 27.1. The first kappa shape index (κ1) is 20.9. The summed E-state index contributed by atoms with van der Waals surface area (Å²) in [4.78, 5) is 15.0. The molecule has 6 heteroatoms. The second kappa shape index (κ2) is 9.48. The molecule has 0 saturated carbocycles. The van der Waals surface area contributed by atoms with E-state index in [9.17, 15) is 13.2 Å². The van der Waals surface area contributed by atoms with Crippen molar-refractivity contribution < 1.29 is 13.2 Å². The molecule has 0 aliphatic carbocycles. The lowest BCUT2D eigenvalue weighted by Gasteiger charge is -2.29. The van der Waals surface area contributed by atoms with Crippen molar-refractivity contribution in [2.45, 2.75) is 37.8 Å². The van der Waals surface area contributed by atoms with Crippen LogP contribution in [0.15, 0.2) is 72.1 Å². The number of sulfonamides is 1. The summed E-state index contributed by atoms with van der Waals surface area (Å²) in [5.41, 5.74) is 1.38. The molecule has 0 bridgehead atoms. The molecule has 5 nitrogen and oxygen atoms in total. The summed E-state index contributed by atoms with van der Waals surface area (Å²) in [7, 11) is -3.68. The summed E-state index contributed by atoms with van der Waals surface area (Å²) in [5.74, 6) is -0.186. The fourth-order valence-corrected chi connectivity index (χ4v) is 3.69. The Hall–Kier alpha value is -2.44. The summed E-state index contributed by atoms with van der Waals surface area (Å²) >= 11 is 0. The minimum atomic E-state index is -3.68. The van der Waals surface area contributed by atoms with Gasteiger partial charge >= 0.3 is 0 Å². The zero-order valence-corrected chi connectivity index (χ0v) is 16.6. The van der Waals surface area contributed by atoms with Gasteiger partial charge in [-0.2, -0.15) is 0 Å². The average Bonchev–Trinajstić information content (AvgIpc) is 2.70.